The van der Waals surface area contributed by atoms with Crippen molar-refractivity contribution in [3.63, 3.8) is 0 Å². The summed E-state index contributed by atoms with van der Waals surface area (Å²) in [6.07, 6.45) is 0.111. The van der Waals surface area contributed by atoms with Crippen LogP contribution in [0.2, 0.25) is 0 Å². The van der Waals surface area contributed by atoms with Gasteiger partial charge >= 0.3 is 11.9 Å². The molecule has 1 unspecified atom stereocenters. The number of carboxylic acids is 1. The quantitative estimate of drug-likeness (QED) is 0.0903. The van der Waals surface area contributed by atoms with Crippen LogP contribution in [0.1, 0.15) is 60.3 Å². The van der Waals surface area contributed by atoms with E-state index in [0.717, 1.165) is 20.8 Å². The molecule has 0 radical (unpaired) electrons. The van der Waals surface area contributed by atoms with Crippen LogP contribution in [0.25, 0.3) is 0 Å². The van der Waals surface area contributed by atoms with Gasteiger partial charge in [-0.25, -0.2) is 14.6 Å². The Morgan fingerprint density at radius 3 is 1.51 bits per heavy atom. The number of carbonyl (C=O) groups excluding carboxylic acids is 8. The first kappa shape index (κ1) is 52.3. The number of rotatable bonds is 5. The first-order valence-electron chi connectivity index (χ1n) is 12.6. The molecule has 23 heteroatoms. The van der Waals surface area contributed by atoms with Gasteiger partial charge in [-0.3, -0.25) is 38.1 Å². The molecule has 0 saturated carbocycles. The third-order valence-corrected chi connectivity index (χ3v) is 5.39. The van der Waals surface area contributed by atoms with E-state index in [1.165, 1.54) is 14.0 Å². The van der Waals surface area contributed by atoms with Gasteiger partial charge in [0.25, 0.3) is 39.7 Å². The molecule has 2 aliphatic heterocycles. The maximum Gasteiger partial charge on any atom is 0.330 e. The van der Waals surface area contributed by atoms with Crippen LogP contribution in [-0.2, 0) is 62.9 Å². The van der Waals surface area contributed by atoms with E-state index >= 15 is 0 Å². The van der Waals surface area contributed by atoms with Crippen molar-refractivity contribution in [2.45, 2.75) is 65.6 Å². The molecule has 5 amide bonds. The number of nitrogens with one attached hydrogen (secondary N) is 1. The fourth-order valence-electron chi connectivity index (χ4n) is 2.00. The molecule has 0 aromatic carbocycles. The molecular weight excluding hydrogens is 698 g/mol. The molecule has 2 fully saturated rings. The van der Waals surface area contributed by atoms with E-state index in [1.54, 1.807) is 14.1 Å². The van der Waals surface area contributed by atoms with Crippen molar-refractivity contribution in [2.75, 3.05) is 27.0 Å². The van der Waals surface area contributed by atoms with Crippen molar-refractivity contribution >= 4 is 92.3 Å². The van der Waals surface area contributed by atoms with Gasteiger partial charge in [0.15, 0.2) is 5.25 Å². The van der Waals surface area contributed by atoms with Crippen LogP contribution in [0.15, 0.2) is 4.99 Å². The van der Waals surface area contributed by atoms with E-state index in [-0.39, 0.29) is 35.5 Å². The number of nitrogens with two attached hydrogens (primary N) is 1. The lowest BCUT2D eigenvalue weighted by Gasteiger charge is -2.10. The number of ketones is 1. The SMILES string of the molecule is CC(=O)CCl.CC(=O)O.CC(=O)ON1C(=O)CC(S(=O)(=O)O)C1=O.CC(=O)ON1C(=O)CCC1=O.CCC(=O)NC.CN.CN=C=S. The number of thiocarbonyl (C=S) groups is 1. The molecule has 1 atom stereocenters. The first-order valence-corrected chi connectivity index (χ1v) is 15.1. The smallest absolute Gasteiger partial charge is 0.330 e. The van der Waals surface area contributed by atoms with Crippen LogP contribution >= 0.6 is 23.8 Å². The molecule has 5 N–H and O–H groups in total. The monoisotopic (exact) mass is 737 g/mol. The van der Waals surface area contributed by atoms with Gasteiger partial charge in [-0.2, -0.15) is 8.42 Å². The zero-order valence-electron chi connectivity index (χ0n) is 26.9. The summed E-state index contributed by atoms with van der Waals surface area (Å²) >= 11 is 9.12. The molecular formula is C24H40ClN5O15S2. The number of isothiocyanates is 1. The van der Waals surface area contributed by atoms with Crippen LogP contribution in [-0.4, -0.2) is 119 Å². The number of carboxylic acid groups (broad SMARTS) is 1. The van der Waals surface area contributed by atoms with Gasteiger partial charge in [-0.05, 0) is 26.2 Å². The number of carbonyl (C=O) groups is 9. The standard InChI is InChI=1S/C6H7NO7S.C6H7NO4.C4H9NO.C3H5ClO.C2H3NS.C2H4O2.CH5N/c1-3(8)14-7-5(9)2-4(6(7)10)15(11,12)13;1-4(8)11-7-5(9)2-3-6(7)10;1-3-4(6)5-2;1-3(5)2-4;1-3-2-4;1-2(3)4;1-2/h4H,2H2,1H3,(H,11,12,13);2-3H2,1H3;3H2,1-2H3,(H,5,6);2H2,1H3;1H3;1H3,(H,3,4);2H2,1H3. The Labute approximate surface area is 281 Å². The van der Waals surface area contributed by atoms with Gasteiger partial charge in [-0.15, -0.1) is 21.7 Å². The highest BCUT2D eigenvalue weighted by molar-refractivity contribution is 7.87. The van der Waals surface area contributed by atoms with Crippen LogP contribution < -0.4 is 11.1 Å². The summed E-state index contributed by atoms with van der Waals surface area (Å²) in [5.41, 5.74) is 4.50. The Bertz CT molecular complexity index is 1210. The number of aliphatic imine (C=N–C) groups is 1. The van der Waals surface area contributed by atoms with Crippen LogP contribution in [0.3, 0.4) is 0 Å². The van der Waals surface area contributed by atoms with Crippen LogP contribution in [0.4, 0.5) is 0 Å². The fraction of sp³-hybridized carbons (Fsp3) is 0.583. The normalized spacial score (nSPS) is 13.9. The third kappa shape index (κ3) is 31.6. The van der Waals surface area contributed by atoms with Crippen molar-refractivity contribution in [1.82, 2.24) is 15.4 Å². The van der Waals surface area contributed by atoms with Crippen LogP contribution in [0.5, 0.6) is 0 Å². The lowest BCUT2D eigenvalue weighted by atomic mass is 10.4. The van der Waals surface area contributed by atoms with Gasteiger partial charge in [0.1, 0.15) is 5.78 Å². The van der Waals surface area contributed by atoms with Crippen molar-refractivity contribution in [3.8, 4) is 0 Å². The highest BCUT2D eigenvalue weighted by Gasteiger charge is 2.48. The molecule has 2 aliphatic rings. The number of halogens is 1. The number of aliphatic carboxylic acids is 1. The highest BCUT2D eigenvalue weighted by Crippen LogP contribution is 2.19. The number of amides is 5. The number of hydroxylamine groups is 4. The summed E-state index contributed by atoms with van der Waals surface area (Å²) in [6, 6.07) is 0. The first-order chi connectivity index (χ1) is 21.6. The summed E-state index contributed by atoms with van der Waals surface area (Å²) in [5, 5.41) is 10.7. The summed E-state index contributed by atoms with van der Waals surface area (Å²) in [6.45, 7) is 6.44. The van der Waals surface area contributed by atoms with Crippen LogP contribution in [0, 0.1) is 0 Å². The van der Waals surface area contributed by atoms with E-state index in [1.807, 2.05) is 6.92 Å². The van der Waals surface area contributed by atoms with E-state index in [9.17, 15) is 46.8 Å². The summed E-state index contributed by atoms with van der Waals surface area (Å²) in [5.74, 6) is -5.34. The Balaban J connectivity index is -0.000000161. The average Bonchev–Trinajstić information content (AvgIpc) is 3.45. The maximum atomic E-state index is 11.2. The topological polar surface area (TPSA) is 304 Å². The minimum atomic E-state index is -4.66. The molecule has 20 nitrogen and oxygen atoms in total. The predicted molar refractivity (Wildman–Crippen MR) is 167 cm³/mol. The maximum absolute atomic E-state index is 11.2. The van der Waals surface area contributed by atoms with E-state index in [4.69, 9.17) is 26.1 Å². The van der Waals surface area contributed by atoms with Crippen molar-refractivity contribution in [1.29, 1.82) is 0 Å². The minimum absolute atomic E-state index is 0.0201. The predicted octanol–water partition coefficient (Wildman–Crippen LogP) is -0.565. The molecule has 0 aromatic heterocycles. The van der Waals surface area contributed by atoms with Gasteiger partial charge in [0.2, 0.25) is 5.91 Å². The molecule has 47 heavy (non-hydrogen) atoms. The summed E-state index contributed by atoms with van der Waals surface area (Å²) in [4.78, 5) is 105. The van der Waals surface area contributed by atoms with Gasteiger partial charge in [0.05, 0.1) is 17.5 Å². The number of alkyl halides is 1. The number of imide groups is 2. The Hall–Kier alpha value is -4.21. The highest BCUT2D eigenvalue weighted by atomic mass is 35.5. The zero-order valence-corrected chi connectivity index (χ0v) is 29.3. The Kier molecular flexibility index (Phi) is 33.9. The average molecular weight is 738 g/mol. The van der Waals surface area contributed by atoms with E-state index in [2.05, 4.69) is 43.1 Å². The molecule has 270 valence electrons. The second-order valence-electron chi connectivity index (χ2n) is 7.68. The second-order valence-corrected chi connectivity index (χ2v) is 9.73. The molecule has 0 bridgehead atoms. The van der Waals surface area contributed by atoms with E-state index < -0.39 is 63.3 Å². The number of nitrogens with zero attached hydrogens (tertiary/aromatic N) is 3. The largest absolute Gasteiger partial charge is 0.481 e. The molecule has 0 aromatic rings. The lowest BCUT2D eigenvalue weighted by molar-refractivity contribution is -0.195. The molecule has 0 aliphatic carbocycles. The molecule has 2 heterocycles. The fourth-order valence-corrected chi connectivity index (χ4v) is 2.71. The van der Waals surface area contributed by atoms with Crippen molar-refractivity contribution < 1.29 is 70.9 Å². The Morgan fingerprint density at radius 1 is 0.979 bits per heavy atom. The zero-order chi connectivity index (χ0) is 38.5. The van der Waals surface area contributed by atoms with Gasteiger partial charge < -0.3 is 25.8 Å². The number of hydrogen-bond donors (Lipinski definition) is 4. The van der Waals surface area contributed by atoms with Gasteiger partial charge in [-0.1, -0.05) is 6.92 Å². The number of hydrogen-bond acceptors (Lipinski definition) is 16. The molecule has 2 saturated heterocycles. The molecule has 0 spiro atoms. The van der Waals surface area contributed by atoms with Crippen molar-refractivity contribution in [2.24, 2.45) is 10.7 Å². The second kappa shape index (κ2) is 30.4. The Morgan fingerprint density at radius 2 is 1.32 bits per heavy atom. The number of Topliss-reactive ketones (excluding diaryl/α,β-unsaturated/α-hetero) is 1. The lowest BCUT2D eigenvalue weighted by Crippen LogP contribution is -2.36. The van der Waals surface area contributed by atoms with E-state index in [0.29, 0.717) is 11.5 Å². The molecule has 2 rings (SSSR count). The van der Waals surface area contributed by atoms with Gasteiger partial charge in [0, 0.05) is 54.1 Å². The summed E-state index contributed by atoms with van der Waals surface area (Å²) < 4.78 is 29.9. The van der Waals surface area contributed by atoms with Crippen molar-refractivity contribution in [3.05, 3.63) is 0 Å². The minimum Gasteiger partial charge on any atom is -0.481 e. The third-order valence-electron chi connectivity index (χ3n) is 3.75. The summed E-state index contributed by atoms with van der Waals surface area (Å²) in [7, 11) is 0.0644.